The first-order chi connectivity index (χ1) is 10.5. The van der Waals surface area contributed by atoms with Crippen LogP contribution in [0.25, 0.3) is 11.4 Å². The molecule has 0 saturated heterocycles. The van der Waals surface area contributed by atoms with Crippen LogP contribution in [0.15, 0.2) is 24.4 Å². The van der Waals surface area contributed by atoms with Crippen LogP contribution >= 0.6 is 0 Å². The van der Waals surface area contributed by atoms with Crippen molar-refractivity contribution in [3.05, 3.63) is 30.2 Å². The van der Waals surface area contributed by atoms with E-state index in [-0.39, 0.29) is 23.9 Å². The van der Waals surface area contributed by atoms with Crippen LogP contribution in [0.1, 0.15) is 6.92 Å². The minimum absolute atomic E-state index is 0.0208. The van der Waals surface area contributed by atoms with Crippen molar-refractivity contribution in [2.75, 3.05) is 13.7 Å². The lowest BCUT2D eigenvalue weighted by Gasteiger charge is -2.07. The third-order valence-electron chi connectivity index (χ3n) is 2.60. The minimum Gasteiger partial charge on any atom is -0.494 e. The van der Waals surface area contributed by atoms with Gasteiger partial charge in [0.2, 0.25) is 5.75 Å². The molecule has 1 N–H and O–H groups in total. The summed E-state index contributed by atoms with van der Waals surface area (Å²) in [5.41, 5.74) is 0.427. The van der Waals surface area contributed by atoms with Crippen molar-refractivity contribution < 1.29 is 28.5 Å². The number of nitrogens with zero attached hydrogens (tertiary/aromatic N) is 2. The summed E-state index contributed by atoms with van der Waals surface area (Å²) in [4.78, 5) is 18.9. The molecule has 0 radical (unpaired) electrons. The van der Waals surface area contributed by atoms with Gasteiger partial charge in [0.05, 0.1) is 19.9 Å². The molecule has 22 heavy (non-hydrogen) atoms. The minimum atomic E-state index is -0.974. The lowest BCUT2D eigenvalue weighted by Crippen LogP contribution is -2.10. The van der Waals surface area contributed by atoms with Crippen LogP contribution in [0.5, 0.6) is 17.4 Å². The predicted octanol–water partition coefficient (Wildman–Crippen LogP) is 2.53. The summed E-state index contributed by atoms with van der Waals surface area (Å²) in [6.45, 7) is 1.75. The standard InChI is InChI=1S/C14H13FN2O5/c1-3-21-14(19)22-11-7-16-12(17-13(11)18)8-4-5-9(15)10(6-8)20-2/h4-7H,3H2,1-2H3,(H,16,17,18). The van der Waals surface area contributed by atoms with E-state index in [9.17, 15) is 14.3 Å². The second-order valence-corrected chi connectivity index (χ2v) is 4.02. The van der Waals surface area contributed by atoms with Crippen molar-refractivity contribution in [3.8, 4) is 28.8 Å². The Hall–Kier alpha value is -2.90. The van der Waals surface area contributed by atoms with E-state index in [2.05, 4.69) is 14.7 Å². The number of rotatable bonds is 4. The number of aromatic hydroxyl groups is 1. The summed E-state index contributed by atoms with van der Waals surface area (Å²) in [5, 5.41) is 9.76. The SMILES string of the molecule is CCOC(=O)Oc1cnc(-c2ccc(F)c(OC)c2)nc1O. The second kappa shape index (κ2) is 6.70. The van der Waals surface area contributed by atoms with Gasteiger partial charge in [-0.05, 0) is 25.1 Å². The molecule has 0 saturated carbocycles. The molecule has 0 unspecified atom stereocenters. The Morgan fingerprint density at radius 1 is 1.36 bits per heavy atom. The summed E-state index contributed by atoms with van der Waals surface area (Å²) >= 11 is 0. The smallest absolute Gasteiger partial charge is 0.494 e. The molecule has 1 aromatic carbocycles. The molecular formula is C14H13FN2O5. The summed E-state index contributed by atoms with van der Waals surface area (Å²) in [6.07, 6.45) is 0.141. The van der Waals surface area contributed by atoms with Crippen molar-refractivity contribution >= 4 is 6.16 Å². The fourth-order valence-electron chi connectivity index (χ4n) is 1.61. The molecule has 2 rings (SSSR count). The summed E-state index contributed by atoms with van der Waals surface area (Å²) in [6, 6.07) is 4.01. The number of benzene rings is 1. The fraction of sp³-hybridized carbons (Fsp3) is 0.214. The molecule has 0 atom stereocenters. The van der Waals surface area contributed by atoms with E-state index in [0.717, 1.165) is 6.20 Å². The van der Waals surface area contributed by atoms with Crippen molar-refractivity contribution in [3.63, 3.8) is 0 Å². The number of carbonyl (C=O) groups excluding carboxylic acids is 1. The first-order valence-electron chi connectivity index (χ1n) is 6.29. The van der Waals surface area contributed by atoms with Gasteiger partial charge in [0.1, 0.15) is 0 Å². The van der Waals surface area contributed by atoms with Gasteiger partial charge >= 0.3 is 6.16 Å². The van der Waals surface area contributed by atoms with Gasteiger partial charge in [-0.25, -0.2) is 14.2 Å². The van der Waals surface area contributed by atoms with Crippen molar-refractivity contribution in [1.29, 1.82) is 0 Å². The Morgan fingerprint density at radius 3 is 2.77 bits per heavy atom. The zero-order chi connectivity index (χ0) is 16.1. The Bertz CT molecular complexity index is 693. The molecule has 8 heteroatoms. The average Bonchev–Trinajstić information content (AvgIpc) is 2.50. The Balaban J connectivity index is 2.27. The van der Waals surface area contributed by atoms with Gasteiger partial charge in [-0.15, -0.1) is 0 Å². The monoisotopic (exact) mass is 308 g/mol. The maximum Gasteiger partial charge on any atom is 0.514 e. The molecule has 1 aromatic heterocycles. The van der Waals surface area contributed by atoms with Crippen molar-refractivity contribution in [2.45, 2.75) is 6.92 Å². The number of carbonyl (C=O) groups is 1. The van der Waals surface area contributed by atoms with Crippen LogP contribution in [-0.2, 0) is 4.74 Å². The normalized spacial score (nSPS) is 10.1. The van der Waals surface area contributed by atoms with Crippen LogP contribution in [0.3, 0.4) is 0 Å². The average molecular weight is 308 g/mol. The molecule has 0 aliphatic carbocycles. The zero-order valence-electron chi connectivity index (χ0n) is 11.9. The molecule has 0 fully saturated rings. The van der Waals surface area contributed by atoms with Crippen LogP contribution < -0.4 is 9.47 Å². The van der Waals surface area contributed by atoms with Crippen LogP contribution in [0.2, 0.25) is 0 Å². The van der Waals surface area contributed by atoms with E-state index in [0.29, 0.717) is 5.56 Å². The molecule has 0 aliphatic heterocycles. The van der Waals surface area contributed by atoms with Gasteiger partial charge in [-0.2, -0.15) is 4.98 Å². The molecular weight excluding hydrogens is 295 g/mol. The maximum atomic E-state index is 13.4. The highest BCUT2D eigenvalue weighted by molar-refractivity contribution is 5.65. The third kappa shape index (κ3) is 3.40. The largest absolute Gasteiger partial charge is 0.514 e. The summed E-state index contributed by atoms with van der Waals surface area (Å²) in [5.74, 6) is -1.17. The number of ether oxygens (including phenoxy) is 3. The van der Waals surface area contributed by atoms with E-state index < -0.39 is 17.9 Å². The van der Waals surface area contributed by atoms with E-state index in [1.54, 1.807) is 6.92 Å². The number of methoxy groups -OCH3 is 1. The van der Waals surface area contributed by atoms with Gasteiger partial charge < -0.3 is 19.3 Å². The Morgan fingerprint density at radius 2 is 2.14 bits per heavy atom. The lowest BCUT2D eigenvalue weighted by atomic mass is 10.2. The number of aromatic nitrogens is 2. The van der Waals surface area contributed by atoms with Crippen LogP contribution in [0, 0.1) is 5.82 Å². The highest BCUT2D eigenvalue weighted by Crippen LogP contribution is 2.28. The topological polar surface area (TPSA) is 90.8 Å². The van der Waals surface area contributed by atoms with Gasteiger partial charge in [0.25, 0.3) is 5.88 Å². The molecule has 0 spiro atoms. The first-order valence-corrected chi connectivity index (χ1v) is 6.29. The molecule has 0 amide bonds. The Labute approximate surface area is 125 Å². The number of hydrogen-bond acceptors (Lipinski definition) is 7. The van der Waals surface area contributed by atoms with Crippen LogP contribution in [0.4, 0.5) is 9.18 Å². The van der Waals surface area contributed by atoms with Crippen LogP contribution in [-0.4, -0.2) is 34.9 Å². The zero-order valence-corrected chi connectivity index (χ0v) is 11.9. The van der Waals surface area contributed by atoms with E-state index >= 15 is 0 Å². The predicted molar refractivity (Wildman–Crippen MR) is 73.3 cm³/mol. The second-order valence-electron chi connectivity index (χ2n) is 4.02. The van der Waals surface area contributed by atoms with Gasteiger partial charge in [-0.3, -0.25) is 0 Å². The fourth-order valence-corrected chi connectivity index (χ4v) is 1.61. The third-order valence-corrected chi connectivity index (χ3v) is 2.60. The molecule has 0 bridgehead atoms. The molecule has 0 aliphatic rings. The lowest BCUT2D eigenvalue weighted by molar-refractivity contribution is 0.102. The van der Waals surface area contributed by atoms with Crippen molar-refractivity contribution in [1.82, 2.24) is 9.97 Å². The van der Waals surface area contributed by atoms with E-state index in [1.165, 1.54) is 25.3 Å². The maximum absolute atomic E-state index is 13.4. The number of halogens is 1. The van der Waals surface area contributed by atoms with E-state index in [4.69, 9.17) is 9.47 Å². The molecule has 2 aromatic rings. The molecule has 7 nitrogen and oxygen atoms in total. The van der Waals surface area contributed by atoms with Gasteiger partial charge in [0, 0.05) is 5.56 Å². The highest BCUT2D eigenvalue weighted by atomic mass is 19.1. The molecule has 116 valence electrons. The first kappa shape index (κ1) is 15.5. The van der Waals surface area contributed by atoms with Gasteiger partial charge in [-0.1, -0.05) is 0 Å². The highest BCUT2D eigenvalue weighted by Gasteiger charge is 2.14. The van der Waals surface area contributed by atoms with Gasteiger partial charge in [0.15, 0.2) is 17.4 Å². The van der Waals surface area contributed by atoms with Crippen molar-refractivity contribution in [2.24, 2.45) is 0 Å². The summed E-state index contributed by atoms with van der Waals surface area (Å²) < 4.78 is 27.5. The quantitative estimate of drug-likeness (QED) is 0.868. The Kier molecular flexibility index (Phi) is 4.72. The molecule has 1 heterocycles. The number of hydrogen-bond donors (Lipinski definition) is 1. The van der Waals surface area contributed by atoms with E-state index in [1.807, 2.05) is 0 Å². The summed E-state index contributed by atoms with van der Waals surface area (Å²) in [7, 11) is 1.33.